The molecule has 1 heterocycles. The van der Waals surface area contributed by atoms with Crippen LogP contribution < -0.4 is 4.74 Å². The van der Waals surface area contributed by atoms with Crippen molar-refractivity contribution in [1.82, 2.24) is 9.78 Å². The summed E-state index contributed by atoms with van der Waals surface area (Å²) < 4.78 is 7.07. The molecule has 5 heteroatoms. The summed E-state index contributed by atoms with van der Waals surface area (Å²) in [6, 6.07) is 8.85. The van der Waals surface area contributed by atoms with Crippen molar-refractivity contribution in [2.24, 2.45) is 0 Å². The molecule has 2 rings (SSSR count). The van der Waals surface area contributed by atoms with Gasteiger partial charge < -0.3 is 4.74 Å². The Bertz CT molecular complexity index is 548. The van der Waals surface area contributed by atoms with E-state index in [1.807, 2.05) is 6.92 Å². The van der Waals surface area contributed by atoms with Crippen LogP contribution in [0.4, 0.5) is 0 Å². The van der Waals surface area contributed by atoms with E-state index in [1.54, 1.807) is 36.5 Å². The topological polar surface area (TPSA) is 44.1 Å². The summed E-state index contributed by atoms with van der Waals surface area (Å²) in [5.41, 5.74) is 0.720. The minimum Gasteiger partial charge on any atom is -0.484 e. The zero-order chi connectivity index (χ0) is 13.1. The fourth-order valence-corrected chi connectivity index (χ4v) is 1.79. The van der Waals surface area contributed by atoms with Gasteiger partial charge in [0.25, 0.3) is 0 Å². The highest BCUT2D eigenvalue weighted by atomic mass is 35.5. The van der Waals surface area contributed by atoms with Gasteiger partial charge in [0.15, 0.2) is 0 Å². The molecule has 0 aliphatic carbocycles. The fraction of sp³-hybridized carbons (Fsp3) is 0.231. The molecule has 0 saturated carbocycles. The van der Waals surface area contributed by atoms with E-state index in [9.17, 15) is 4.79 Å². The number of carbonyl (C=O) groups excluding carboxylic acids is 1. The first-order valence-corrected chi connectivity index (χ1v) is 5.93. The molecule has 2 aromatic rings. The lowest BCUT2D eigenvalue weighted by Gasteiger charge is -2.15. The molecule has 0 amide bonds. The average Bonchev–Trinajstić information content (AvgIpc) is 2.81. The van der Waals surface area contributed by atoms with Gasteiger partial charge in [-0.15, -0.1) is 0 Å². The lowest BCUT2D eigenvalue weighted by molar-refractivity contribution is 0.0904. The Balaban J connectivity index is 2.16. The molecule has 1 atom stereocenters. The molecule has 0 radical (unpaired) electrons. The average molecular weight is 265 g/mol. The Hall–Kier alpha value is -1.81. The van der Waals surface area contributed by atoms with Crippen LogP contribution in [-0.4, -0.2) is 15.7 Å². The third-order valence-electron chi connectivity index (χ3n) is 2.51. The first-order valence-electron chi connectivity index (χ1n) is 5.55. The van der Waals surface area contributed by atoms with Crippen molar-refractivity contribution >= 4 is 17.5 Å². The normalized spacial score (nSPS) is 12.2. The van der Waals surface area contributed by atoms with Gasteiger partial charge in [-0.1, -0.05) is 11.6 Å². The Labute approximate surface area is 110 Å². The van der Waals surface area contributed by atoms with Gasteiger partial charge in [-0.25, -0.2) is 4.68 Å². The summed E-state index contributed by atoms with van der Waals surface area (Å²) in [6.07, 6.45) is 1.32. The first-order chi connectivity index (χ1) is 8.58. The predicted molar refractivity (Wildman–Crippen MR) is 69.0 cm³/mol. The number of rotatable bonds is 3. The van der Waals surface area contributed by atoms with E-state index in [1.165, 1.54) is 11.6 Å². The van der Waals surface area contributed by atoms with Crippen molar-refractivity contribution in [2.45, 2.75) is 20.0 Å². The molecule has 94 valence electrons. The summed E-state index contributed by atoms with van der Waals surface area (Å²) in [4.78, 5) is 11.4. The predicted octanol–water partition coefficient (Wildman–Crippen LogP) is 3.34. The standard InChI is InChI=1S/C13H13ClN2O2/c1-9(13-7-8-15-16(13)10(2)17)18-12-5-3-11(14)4-6-12/h3-9H,1-2H3. The van der Waals surface area contributed by atoms with E-state index in [4.69, 9.17) is 16.3 Å². The molecule has 18 heavy (non-hydrogen) atoms. The number of nitrogens with zero attached hydrogens (tertiary/aromatic N) is 2. The molecular formula is C13H13ClN2O2. The zero-order valence-corrected chi connectivity index (χ0v) is 10.9. The van der Waals surface area contributed by atoms with Gasteiger partial charge in [-0.3, -0.25) is 4.79 Å². The number of hydrogen-bond donors (Lipinski definition) is 0. The van der Waals surface area contributed by atoms with Crippen molar-refractivity contribution < 1.29 is 9.53 Å². The van der Waals surface area contributed by atoms with Crippen LogP contribution in [-0.2, 0) is 0 Å². The SMILES string of the molecule is CC(=O)n1nccc1C(C)Oc1ccc(Cl)cc1. The monoisotopic (exact) mass is 264 g/mol. The zero-order valence-electron chi connectivity index (χ0n) is 10.1. The van der Waals surface area contributed by atoms with E-state index < -0.39 is 0 Å². The summed E-state index contributed by atoms with van der Waals surface area (Å²) >= 11 is 5.80. The highest BCUT2D eigenvalue weighted by molar-refractivity contribution is 6.30. The fourth-order valence-electron chi connectivity index (χ4n) is 1.66. The van der Waals surface area contributed by atoms with E-state index in [0.717, 1.165) is 5.69 Å². The van der Waals surface area contributed by atoms with Crippen LogP contribution in [0.2, 0.25) is 5.02 Å². The molecule has 1 unspecified atom stereocenters. The number of halogens is 1. The van der Waals surface area contributed by atoms with Gasteiger partial charge >= 0.3 is 0 Å². The first kappa shape index (κ1) is 12.6. The maximum Gasteiger partial charge on any atom is 0.244 e. The highest BCUT2D eigenvalue weighted by Crippen LogP contribution is 2.22. The van der Waals surface area contributed by atoms with Crippen LogP contribution in [0.5, 0.6) is 5.75 Å². The second-order valence-corrected chi connectivity index (χ2v) is 4.34. The van der Waals surface area contributed by atoms with Crippen molar-refractivity contribution in [3.63, 3.8) is 0 Å². The Morgan fingerprint density at radius 2 is 2.00 bits per heavy atom. The molecule has 0 spiro atoms. The summed E-state index contributed by atoms with van der Waals surface area (Å²) in [5.74, 6) is 0.560. The van der Waals surface area contributed by atoms with Gasteiger partial charge in [0.1, 0.15) is 11.9 Å². The molecular weight excluding hydrogens is 252 g/mol. The number of benzene rings is 1. The number of ether oxygens (including phenoxy) is 1. The molecule has 1 aromatic heterocycles. The Kier molecular flexibility index (Phi) is 3.67. The molecule has 0 aliphatic heterocycles. The minimum absolute atomic E-state index is 0.137. The lowest BCUT2D eigenvalue weighted by atomic mass is 10.2. The smallest absolute Gasteiger partial charge is 0.244 e. The Morgan fingerprint density at radius 1 is 1.33 bits per heavy atom. The van der Waals surface area contributed by atoms with Crippen molar-refractivity contribution in [2.75, 3.05) is 0 Å². The van der Waals surface area contributed by atoms with Crippen LogP contribution in [0.3, 0.4) is 0 Å². The number of hydrogen-bond acceptors (Lipinski definition) is 3. The van der Waals surface area contributed by atoms with Crippen LogP contribution in [0, 0.1) is 0 Å². The third-order valence-corrected chi connectivity index (χ3v) is 2.77. The van der Waals surface area contributed by atoms with Gasteiger partial charge in [0.2, 0.25) is 5.91 Å². The molecule has 0 saturated heterocycles. The van der Waals surface area contributed by atoms with Gasteiger partial charge in [-0.05, 0) is 37.3 Å². The maximum atomic E-state index is 11.4. The van der Waals surface area contributed by atoms with E-state index in [2.05, 4.69) is 5.10 Å². The van der Waals surface area contributed by atoms with Crippen LogP contribution in [0.15, 0.2) is 36.5 Å². The van der Waals surface area contributed by atoms with E-state index in [0.29, 0.717) is 10.8 Å². The van der Waals surface area contributed by atoms with Crippen molar-refractivity contribution in [1.29, 1.82) is 0 Å². The van der Waals surface area contributed by atoms with E-state index in [-0.39, 0.29) is 12.0 Å². The molecule has 0 N–H and O–H groups in total. The van der Waals surface area contributed by atoms with Crippen molar-refractivity contribution in [3.05, 3.63) is 47.2 Å². The molecule has 4 nitrogen and oxygen atoms in total. The number of aromatic nitrogens is 2. The summed E-state index contributed by atoms with van der Waals surface area (Å²) in [6.45, 7) is 3.33. The second kappa shape index (κ2) is 5.23. The lowest BCUT2D eigenvalue weighted by Crippen LogP contribution is -2.16. The summed E-state index contributed by atoms with van der Waals surface area (Å²) in [7, 11) is 0. The molecule has 0 aliphatic rings. The second-order valence-electron chi connectivity index (χ2n) is 3.90. The highest BCUT2D eigenvalue weighted by Gasteiger charge is 2.15. The van der Waals surface area contributed by atoms with Crippen LogP contribution in [0.1, 0.15) is 30.4 Å². The van der Waals surface area contributed by atoms with E-state index >= 15 is 0 Å². The van der Waals surface area contributed by atoms with Gasteiger partial charge in [0, 0.05) is 18.1 Å². The Morgan fingerprint density at radius 3 is 2.61 bits per heavy atom. The van der Waals surface area contributed by atoms with Crippen molar-refractivity contribution in [3.8, 4) is 5.75 Å². The maximum absolute atomic E-state index is 11.4. The third kappa shape index (κ3) is 2.71. The largest absolute Gasteiger partial charge is 0.484 e. The molecule has 1 aromatic carbocycles. The minimum atomic E-state index is -0.266. The molecule has 0 bridgehead atoms. The number of carbonyl (C=O) groups is 1. The van der Waals surface area contributed by atoms with Crippen LogP contribution >= 0.6 is 11.6 Å². The van der Waals surface area contributed by atoms with Crippen LogP contribution in [0.25, 0.3) is 0 Å². The quantitative estimate of drug-likeness (QED) is 0.854. The van der Waals surface area contributed by atoms with Gasteiger partial charge in [0.05, 0.1) is 5.69 Å². The van der Waals surface area contributed by atoms with Gasteiger partial charge in [-0.2, -0.15) is 5.10 Å². The molecule has 0 fully saturated rings. The summed E-state index contributed by atoms with van der Waals surface area (Å²) in [5, 5.41) is 4.61.